The SMILES string of the molecule is Cc1ccc(S(=O)(=O)O[C@@H]2[C@H]3OC(C)(C)O[C@H]3O[C@@H]2[C@@H]2COC(C)(C)O2)cc1. The molecule has 9 heteroatoms. The van der Waals surface area contributed by atoms with E-state index in [0.717, 1.165) is 5.56 Å². The van der Waals surface area contributed by atoms with Crippen molar-refractivity contribution in [2.24, 2.45) is 0 Å². The van der Waals surface area contributed by atoms with Gasteiger partial charge in [0.25, 0.3) is 10.1 Å². The number of fused-ring (bicyclic) bond motifs is 1. The molecule has 0 radical (unpaired) electrons. The number of hydrogen-bond acceptors (Lipinski definition) is 8. The third kappa shape index (κ3) is 3.85. The van der Waals surface area contributed by atoms with Gasteiger partial charge in [-0.25, -0.2) is 0 Å². The van der Waals surface area contributed by atoms with Crippen LogP contribution in [0.15, 0.2) is 29.2 Å². The van der Waals surface area contributed by atoms with Crippen LogP contribution in [-0.4, -0.2) is 57.3 Å². The van der Waals surface area contributed by atoms with Gasteiger partial charge in [-0.15, -0.1) is 0 Å². The summed E-state index contributed by atoms with van der Waals surface area (Å²) in [7, 11) is -4.04. The van der Waals surface area contributed by atoms with Gasteiger partial charge in [-0.05, 0) is 46.8 Å². The van der Waals surface area contributed by atoms with E-state index < -0.39 is 52.4 Å². The molecule has 0 aliphatic carbocycles. The average Bonchev–Trinajstić information content (AvgIpc) is 3.18. The molecule has 0 saturated carbocycles. The third-order valence-corrected chi connectivity index (χ3v) is 6.30. The van der Waals surface area contributed by atoms with Crippen molar-refractivity contribution in [3.8, 4) is 0 Å². The Balaban J connectivity index is 1.61. The van der Waals surface area contributed by atoms with Gasteiger partial charge in [0.15, 0.2) is 17.9 Å². The van der Waals surface area contributed by atoms with Gasteiger partial charge in [-0.2, -0.15) is 8.42 Å². The maximum Gasteiger partial charge on any atom is 0.297 e. The number of hydrogen-bond donors (Lipinski definition) is 0. The average molecular weight is 414 g/mol. The van der Waals surface area contributed by atoms with Crippen molar-refractivity contribution in [1.29, 1.82) is 0 Å². The molecular formula is C19H26O8S. The Bertz CT molecular complexity index is 832. The van der Waals surface area contributed by atoms with Gasteiger partial charge in [0, 0.05) is 0 Å². The smallest absolute Gasteiger partial charge is 0.297 e. The predicted molar refractivity (Wildman–Crippen MR) is 96.8 cm³/mol. The van der Waals surface area contributed by atoms with Crippen molar-refractivity contribution < 1.29 is 36.3 Å². The summed E-state index contributed by atoms with van der Waals surface area (Å²) in [6, 6.07) is 6.47. The predicted octanol–water partition coefficient (Wildman–Crippen LogP) is 2.10. The van der Waals surface area contributed by atoms with Crippen LogP contribution in [0, 0.1) is 6.92 Å². The number of aryl methyl sites for hydroxylation is 1. The fourth-order valence-electron chi connectivity index (χ4n) is 3.70. The van der Waals surface area contributed by atoms with E-state index >= 15 is 0 Å². The second-order valence-electron chi connectivity index (χ2n) is 8.26. The quantitative estimate of drug-likeness (QED) is 0.692. The van der Waals surface area contributed by atoms with E-state index in [4.69, 9.17) is 27.9 Å². The van der Waals surface area contributed by atoms with Crippen LogP contribution in [0.1, 0.15) is 33.3 Å². The van der Waals surface area contributed by atoms with Crippen LogP contribution in [0.3, 0.4) is 0 Å². The summed E-state index contributed by atoms with van der Waals surface area (Å²) in [5.41, 5.74) is 0.953. The first kappa shape index (κ1) is 20.2. The van der Waals surface area contributed by atoms with Gasteiger partial charge < -0.3 is 23.7 Å². The van der Waals surface area contributed by atoms with Gasteiger partial charge in [-0.1, -0.05) is 17.7 Å². The lowest BCUT2D eigenvalue weighted by atomic mass is 10.1. The highest BCUT2D eigenvalue weighted by Crippen LogP contribution is 2.42. The van der Waals surface area contributed by atoms with Gasteiger partial charge in [0.2, 0.25) is 0 Å². The summed E-state index contributed by atoms with van der Waals surface area (Å²) in [6.07, 6.45) is -3.60. The summed E-state index contributed by atoms with van der Waals surface area (Å²) in [6.45, 7) is 9.20. The van der Waals surface area contributed by atoms with Gasteiger partial charge in [-0.3, -0.25) is 4.18 Å². The summed E-state index contributed by atoms with van der Waals surface area (Å²) in [5.74, 6) is -1.69. The Hall–Kier alpha value is -1.07. The molecule has 5 atom stereocenters. The van der Waals surface area contributed by atoms with Crippen molar-refractivity contribution in [3.63, 3.8) is 0 Å². The van der Waals surface area contributed by atoms with Crippen molar-refractivity contribution in [2.75, 3.05) is 6.61 Å². The van der Waals surface area contributed by atoms with Crippen molar-refractivity contribution in [2.45, 2.75) is 81.8 Å². The molecule has 3 heterocycles. The monoisotopic (exact) mass is 414 g/mol. The first-order chi connectivity index (χ1) is 13.0. The highest BCUT2D eigenvalue weighted by atomic mass is 32.2. The molecule has 3 aliphatic heterocycles. The lowest BCUT2D eigenvalue weighted by Crippen LogP contribution is -2.45. The zero-order valence-electron chi connectivity index (χ0n) is 16.6. The highest BCUT2D eigenvalue weighted by molar-refractivity contribution is 7.86. The minimum atomic E-state index is -4.04. The Labute approximate surface area is 165 Å². The van der Waals surface area contributed by atoms with Crippen LogP contribution >= 0.6 is 0 Å². The van der Waals surface area contributed by atoms with Crippen molar-refractivity contribution in [1.82, 2.24) is 0 Å². The molecule has 0 N–H and O–H groups in total. The Morgan fingerprint density at radius 2 is 1.64 bits per heavy atom. The molecule has 3 saturated heterocycles. The molecule has 0 aromatic heterocycles. The minimum absolute atomic E-state index is 0.0717. The molecule has 0 unspecified atom stereocenters. The summed E-state index contributed by atoms with van der Waals surface area (Å²) < 4.78 is 60.5. The normalized spacial score (nSPS) is 36.5. The zero-order valence-corrected chi connectivity index (χ0v) is 17.4. The maximum atomic E-state index is 12.9. The van der Waals surface area contributed by atoms with Crippen LogP contribution < -0.4 is 0 Å². The Morgan fingerprint density at radius 1 is 0.964 bits per heavy atom. The second-order valence-corrected chi connectivity index (χ2v) is 9.84. The van der Waals surface area contributed by atoms with Crippen LogP contribution in [0.2, 0.25) is 0 Å². The molecule has 1 aromatic rings. The Morgan fingerprint density at radius 3 is 2.25 bits per heavy atom. The molecule has 0 spiro atoms. The fraction of sp³-hybridized carbons (Fsp3) is 0.684. The molecule has 8 nitrogen and oxygen atoms in total. The van der Waals surface area contributed by atoms with Crippen molar-refractivity contribution >= 4 is 10.1 Å². The number of ether oxygens (including phenoxy) is 5. The zero-order chi connectivity index (χ0) is 20.3. The maximum absolute atomic E-state index is 12.9. The summed E-state index contributed by atoms with van der Waals surface area (Å²) in [5, 5.41) is 0. The topological polar surface area (TPSA) is 89.5 Å². The summed E-state index contributed by atoms with van der Waals surface area (Å²) >= 11 is 0. The van der Waals surface area contributed by atoms with Crippen molar-refractivity contribution in [3.05, 3.63) is 29.8 Å². The van der Waals surface area contributed by atoms with E-state index in [1.54, 1.807) is 39.8 Å². The second kappa shape index (κ2) is 6.73. The van der Waals surface area contributed by atoms with Gasteiger partial charge >= 0.3 is 0 Å². The molecule has 3 aliphatic rings. The first-order valence-corrected chi connectivity index (χ1v) is 10.7. The molecular weight excluding hydrogens is 388 g/mol. The number of benzene rings is 1. The molecule has 156 valence electrons. The van der Waals surface area contributed by atoms with Crippen LogP contribution in [0.4, 0.5) is 0 Å². The molecule has 28 heavy (non-hydrogen) atoms. The van der Waals surface area contributed by atoms with E-state index in [-0.39, 0.29) is 11.5 Å². The van der Waals surface area contributed by atoms with Gasteiger partial charge in [0.1, 0.15) is 24.4 Å². The molecule has 0 bridgehead atoms. The molecule has 0 amide bonds. The molecule has 4 rings (SSSR count). The molecule has 3 fully saturated rings. The lowest BCUT2D eigenvalue weighted by Gasteiger charge is -2.28. The van der Waals surface area contributed by atoms with E-state index in [1.165, 1.54) is 12.1 Å². The third-order valence-electron chi connectivity index (χ3n) is 4.97. The van der Waals surface area contributed by atoms with E-state index in [0.29, 0.717) is 0 Å². The first-order valence-electron chi connectivity index (χ1n) is 9.29. The standard InChI is InChI=1S/C19H26O8S/c1-11-6-8-12(9-7-11)28(20,21)27-15-14(13-10-22-18(2,3)24-13)23-17-16(15)25-19(4,5)26-17/h6-9,13-17H,10H2,1-5H3/t13-,14+,15-,16+,17+/m0/s1. The summed E-state index contributed by atoms with van der Waals surface area (Å²) in [4.78, 5) is 0.0717. The highest BCUT2D eigenvalue weighted by Gasteiger charge is 2.60. The minimum Gasteiger partial charge on any atom is -0.348 e. The number of rotatable bonds is 4. The van der Waals surface area contributed by atoms with E-state index in [2.05, 4.69) is 0 Å². The van der Waals surface area contributed by atoms with Gasteiger partial charge in [0.05, 0.1) is 11.5 Å². The van der Waals surface area contributed by atoms with E-state index in [9.17, 15) is 8.42 Å². The molecule has 1 aromatic carbocycles. The van der Waals surface area contributed by atoms with E-state index in [1.807, 2.05) is 6.92 Å². The lowest BCUT2D eigenvalue weighted by molar-refractivity contribution is -0.230. The largest absolute Gasteiger partial charge is 0.348 e. The van der Waals surface area contributed by atoms with Crippen LogP contribution in [-0.2, 0) is 38.0 Å². The van der Waals surface area contributed by atoms with Crippen LogP contribution in [0.5, 0.6) is 0 Å². The Kier molecular flexibility index (Phi) is 4.86. The van der Waals surface area contributed by atoms with Crippen LogP contribution in [0.25, 0.3) is 0 Å². The fourth-order valence-corrected chi connectivity index (χ4v) is 4.79.